The summed E-state index contributed by atoms with van der Waals surface area (Å²) in [5.74, 6) is 0.0152. The third-order valence-corrected chi connectivity index (χ3v) is 2.75. The van der Waals surface area contributed by atoms with Crippen LogP contribution in [0.5, 0.6) is 0 Å². The van der Waals surface area contributed by atoms with Crippen molar-refractivity contribution in [2.45, 2.75) is 6.42 Å². The zero-order valence-corrected chi connectivity index (χ0v) is 10.1. The van der Waals surface area contributed by atoms with Gasteiger partial charge in [0.15, 0.2) is 0 Å². The SMILES string of the molecule is NC/C=C/CNC(=O)Cc1c[nH]c2ccccc12. The Bertz CT molecular complexity index is 557. The van der Waals surface area contributed by atoms with Gasteiger partial charge in [-0.15, -0.1) is 0 Å². The molecule has 4 heteroatoms. The number of para-hydroxylation sites is 1. The van der Waals surface area contributed by atoms with Gasteiger partial charge in [-0.1, -0.05) is 30.4 Å². The standard InChI is InChI=1S/C14H17N3O/c15-7-3-4-8-16-14(18)9-11-10-17-13-6-2-1-5-12(11)13/h1-6,10,17H,7-9,15H2,(H,16,18)/b4-3+. The first kappa shape index (κ1) is 12.4. The highest BCUT2D eigenvalue weighted by Crippen LogP contribution is 2.17. The fourth-order valence-corrected chi connectivity index (χ4v) is 1.87. The number of rotatable bonds is 5. The van der Waals surface area contributed by atoms with Crippen LogP contribution in [0.25, 0.3) is 10.9 Å². The van der Waals surface area contributed by atoms with Crippen LogP contribution in [0.1, 0.15) is 5.56 Å². The molecule has 1 amide bonds. The van der Waals surface area contributed by atoms with Crippen LogP contribution in [0.2, 0.25) is 0 Å². The summed E-state index contributed by atoms with van der Waals surface area (Å²) < 4.78 is 0. The van der Waals surface area contributed by atoms with Gasteiger partial charge in [-0.05, 0) is 11.6 Å². The molecule has 2 aromatic rings. The number of fused-ring (bicyclic) bond motifs is 1. The van der Waals surface area contributed by atoms with E-state index in [1.807, 2.05) is 42.6 Å². The third-order valence-electron chi connectivity index (χ3n) is 2.75. The summed E-state index contributed by atoms with van der Waals surface area (Å²) >= 11 is 0. The molecule has 18 heavy (non-hydrogen) atoms. The van der Waals surface area contributed by atoms with Crippen LogP contribution in [0.4, 0.5) is 0 Å². The van der Waals surface area contributed by atoms with Gasteiger partial charge < -0.3 is 16.0 Å². The second kappa shape index (κ2) is 6.02. The maximum atomic E-state index is 11.7. The van der Waals surface area contributed by atoms with Crippen LogP contribution in [-0.2, 0) is 11.2 Å². The van der Waals surface area contributed by atoms with Gasteiger partial charge in [-0.3, -0.25) is 4.79 Å². The average molecular weight is 243 g/mol. The Morgan fingerprint density at radius 1 is 1.33 bits per heavy atom. The number of H-pyrrole nitrogens is 1. The molecule has 0 atom stereocenters. The summed E-state index contributed by atoms with van der Waals surface area (Å²) in [6, 6.07) is 7.96. The predicted molar refractivity (Wildman–Crippen MR) is 73.2 cm³/mol. The van der Waals surface area contributed by atoms with E-state index in [-0.39, 0.29) is 5.91 Å². The van der Waals surface area contributed by atoms with Crippen molar-refractivity contribution in [1.29, 1.82) is 0 Å². The number of nitrogens with two attached hydrogens (primary N) is 1. The van der Waals surface area contributed by atoms with Crippen molar-refractivity contribution in [3.8, 4) is 0 Å². The van der Waals surface area contributed by atoms with Crippen LogP contribution in [0.15, 0.2) is 42.6 Å². The van der Waals surface area contributed by atoms with Crippen LogP contribution in [-0.4, -0.2) is 24.0 Å². The van der Waals surface area contributed by atoms with E-state index in [0.717, 1.165) is 16.5 Å². The molecule has 0 unspecified atom stereocenters. The van der Waals surface area contributed by atoms with Crippen molar-refractivity contribution >= 4 is 16.8 Å². The molecule has 1 aromatic heterocycles. The number of nitrogens with one attached hydrogen (secondary N) is 2. The molecule has 0 fully saturated rings. The van der Waals surface area contributed by atoms with E-state index >= 15 is 0 Å². The molecule has 0 aliphatic heterocycles. The molecule has 1 heterocycles. The van der Waals surface area contributed by atoms with Crippen LogP contribution >= 0.6 is 0 Å². The summed E-state index contributed by atoms with van der Waals surface area (Å²) in [4.78, 5) is 14.9. The van der Waals surface area contributed by atoms with Crippen molar-refractivity contribution in [3.63, 3.8) is 0 Å². The zero-order chi connectivity index (χ0) is 12.8. The normalized spacial score (nSPS) is 11.2. The van der Waals surface area contributed by atoms with Crippen LogP contribution in [0, 0.1) is 0 Å². The Hall–Kier alpha value is -2.07. The third kappa shape index (κ3) is 2.99. The van der Waals surface area contributed by atoms with E-state index in [1.54, 1.807) is 0 Å². The number of aromatic nitrogens is 1. The molecule has 0 bridgehead atoms. The summed E-state index contributed by atoms with van der Waals surface area (Å²) in [6.45, 7) is 1.02. The first-order valence-electron chi connectivity index (χ1n) is 5.98. The number of benzene rings is 1. The van der Waals surface area contributed by atoms with Gasteiger partial charge in [0.05, 0.1) is 6.42 Å². The number of hydrogen-bond acceptors (Lipinski definition) is 2. The fraction of sp³-hybridized carbons (Fsp3) is 0.214. The van der Waals surface area contributed by atoms with Crippen molar-refractivity contribution in [1.82, 2.24) is 10.3 Å². The van der Waals surface area contributed by atoms with Gasteiger partial charge in [0.1, 0.15) is 0 Å². The Labute approximate surface area is 106 Å². The van der Waals surface area contributed by atoms with Gasteiger partial charge in [0.2, 0.25) is 5.91 Å². The minimum absolute atomic E-state index is 0.0152. The quantitative estimate of drug-likeness (QED) is 0.693. The molecular formula is C14H17N3O. The number of hydrogen-bond donors (Lipinski definition) is 3. The molecule has 4 nitrogen and oxygen atoms in total. The second-order valence-electron chi connectivity index (χ2n) is 4.05. The van der Waals surface area contributed by atoms with Gasteiger partial charge >= 0.3 is 0 Å². The lowest BCUT2D eigenvalue weighted by Crippen LogP contribution is -2.25. The Balaban J connectivity index is 1.97. The monoisotopic (exact) mass is 243 g/mol. The lowest BCUT2D eigenvalue weighted by atomic mass is 10.1. The molecule has 0 saturated carbocycles. The van der Waals surface area contributed by atoms with E-state index in [2.05, 4.69) is 10.3 Å². The molecule has 0 saturated heterocycles. The number of carbonyl (C=O) groups is 1. The Kier molecular flexibility index (Phi) is 4.15. The smallest absolute Gasteiger partial charge is 0.224 e. The molecule has 0 aliphatic carbocycles. The maximum absolute atomic E-state index is 11.7. The Morgan fingerprint density at radius 3 is 3.00 bits per heavy atom. The van der Waals surface area contributed by atoms with Crippen LogP contribution < -0.4 is 11.1 Å². The van der Waals surface area contributed by atoms with Crippen molar-refractivity contribution in [2.24, 2.45) is 5.73 Å². The van der Waals surface area contributed by atoms with Gasteiger partial charge in [-0.2, -0.15) is 0 Å². The lowest BCUT2D eigenvalue weighted by Gasteiger charge is -2.01. The highest BCUT2D eigenvalue weighted by molar-refractivity contribution is 5.88. The van der Waals surface area contributed by atoms with E-state index in [1.165, 1.54) is 0 Å². The Morgan fingerprint density at radius 2 is 2.17 bits per heavy atom. The first-order valence-corrected chi connectivity index (χ1v) is 5.98. The summed E-state index contributed by atoms with van der Waals surface area (Å²) in [5, 5.41) is 3.93. The highest BCUT2D eigenvalue weighted by Gasteiger charge is 2.07. The van der Waals surface area contributed by atoms with Crippen LogP contribution in [0.3, 0.4) is 0 Å². The number of amides is 1. The number of carbonyl (C=O) groups excluding carboxylic acids is 1. The molecule has 1 aromatic carbocycles. The van der Waals surface area contributed by atoms with Crippen molar-refractivity contribution in [3.05, 3.63) is 48.2 Å². The molecule has 0 radical (unpaired) electrons. The summed E-state index contributed by atoms with van der Waals surface area (Å²) in [6.07, 6.45) is 5.96. The minimum Gasteiger partial charge on any atom is -0.361 e. The second-order valence-corrected chi connectivity index (χ2v) is 4.05. The zero-order valence-electron chi connectivity index (χ0n) is 10.1. The van der Waals surface area contributed by atoms with Gasteiger partial charge in [-0.25, -0.2) is 0 Å². The molecule has 0 spiro atoms. The molecule has 2 rings (SSSR count). The maximum Gasteiger partial charge on any atom is 0.224 e. The molecule has 94 valence electrons. The fourth-order valence-electron chi connectivity index (χ4n) is 1.87. The van der Waals surface area contributed by atoms with E-state index in [9.17, 15) is 4.79 Å². The molecular weight excluding hydrogens is 226 g/mol. The predicted octanol–water partition coefficient (Wildman–Crippen LogP) is 1.34. The number of aromatic amines is 1. The molecule has 0 aliphatic rings. The van der Waals surface area contributed by atoms with Crippen molar-refractivity contribution in [2.75, 3.05) is 13.1 Å². The summed E-state index contributed by atoms with van der Waals surface area (Å²) in [7, 11) is 0. The molecule has 4 N–H and O–H groups in total. The van der Waals surface area contributed by atoms with E-state index in [4.69, 9.17) is 5.73 Å². The van der Waals surface area contributed by atoms with E-state index < -0.39 is 0 Å². The van der Waals surface area contributed by atoms with E-state index in [0.29, 0.717) is 19.5 Å². The first-order chi connectivity index (χ1) is 8.81. The highest BCUT2D eigenvalue weighted by atomic mass is 16.1. The van der Waals surface area contributed by atoms with Crippen molar-refractivity contribution < 1.29 is 4.79 Å². The lowest BCUT2D eigenvalue weighted by molar-refractivity contribution is -0.120. The minimum atomic E-state index is 0.0152. The van der Waals surface area contributed by atoms with Gasteiger partial charge in [0, 0.05) is 30.2 Å². The largest absolute Gasteiger partial charge is 0.361 e. The topological polar surface area (TPSA) is 70.9 Å². The van der Waals surface area contributed by atoms with Gasteiger partial charge in [0.25, 0.3) is 0 Å². The summed E-state index contributed by atoms with van der Waals surface area (Å²) in [5.41, 5.74) is 7.39. The average Bonchev–Trinajstić information content (AvgIpc) is 2.78.